The van der Waals surface area contributed by atoms with E-state index in [1.807, 2.05) is 0 Å². The van der Waals surface area contributed by atoms with Crippen molar-refractivity contribution in [2.75, 3.05) is 19.6 Å². The molecule has 410 valence electrons. The number of hydrogen-bond donors (Lipinski definition) is 0. The van der Waals surface area contributed by atoms with Crippen LogP contribution in [-0.2, 0) is 16.2 Å². The largest absolute Gasteiger partial charge is 0.310 e. The number of benzene rings is 12. The van der Waals surface area contributed by atoms with Crippen molar-refractivity contribution in [1.29, 1.82) is 0 Å². The van der Waals surface area contributed by atoms with Gasteiger partial charge >= 0.3 is 0 Å². The zero-order valence-electron chi connectivity index (χ0n) is 49.0. The van der Waals surface area contributed by atoms with Gasteiger partial charge < -0.3 is 19.6 Å². The van der Waals surface area contributed by atoms with Gasteiger partial charge in [0.1, 0.15) is 0 Å². The first kappa shape index (κ1) is 51.7. The van der Waals surface area contributed by atoms with Crippen molar-refractivity contribution >= 4 is 68.2 Å². The molecule has 0 heterocycles. The second-order valence-corrected chi connectivity index (χ2v) is 24.6. The molecule has 0 aromatic heterocycles. The molecular weight excluding hydrogens is 1030 g/mol. The molecule has 0 amide bonds. The molecule has 0 spiro atoms. The van der Waals surface area contributed by atoms with Crippen LogP contribution in [0, 0.1) is 0 Å². The molecule has 0 radical (unpaired) electrons. The third-order valence-electron chi connectivity index (χ3n) is 18.6. The molecule has 85 heavy (non-hydrogen) atoms. The maximum absolute atomic E-state index is 2.53. The van der Waals surface area contributed by atoms with Gasteiger partial charge in [0.25, 0.3) is 0 Å². The molecule has 0 fully saturated rings. The van der Waals surface area contributed by atoms with Gasteiger partial charge in [-0.05, 0) is 212 Å². The van der Waals surface area contributed by atoms with Crippen LogP contribution in [0.4, 0.5) is 68.2 Å². The highest BCUT2D eigenvalue weighted by Crippen LogP contribution is 2.57. The maximum atomic E-state index is 2.53. The van der Waals surface area contributed by atoms with Crippen molar-refractivity contribution in [3.63, 3.8) is 0 Å². The molecule has 12 aromatic rings. The lowest BCUT2D eigenvalue weighted by Crippen LogP contribution is -2.19. The van der Waals surface area contributed by atoms with E-state index in [0.717, 1.165) is 68.2 Å². The Labute approximate surface area is 500 Å². The predicted molar refractivity (Wildman–Crippen MR) is 358 cm³/mol. The number of rotatable bonds is 12. The average molecular weight is 1100 g/mol. The standard InChI is InChI=1S/C81H66N4/c1-79(2)73-49-61(82(55-25-13-7-14-26-55)56-27-15-8-16-28-56)37-43-67(73)70-46-40-64(52-76(70)79)85(65-41-47-71-68-44-38-62(50-74(68)80(3,4)77(71)53-65)83(57-29-17-9-18-30-57)58-31-19-10-20-32-58)66-42-48-72-69-45-39-63(51-75(69)81(5,6)78(72)54-66)84(59-33-21-11-22-34-59)60-35-23-12-24-36-60/h7-54H,1-6H3. The van der Waals surface area contributed by atoms with Crippen LogP contribution in [0.1, 0.15) is 74.9 Å². The quantitative estimate of drug-likeness (QED) is 0.121. The van der Waals surface area contributed by atoms with E-state index >= 15 is 0 Å². The zero-order chi connectivity index (χ0) is 57.6. The van der Waals surface area contributed by atoms with Crippen molar-refractivity contribution < 1.29 is 0 Å². The van der Waals surface area contributed by atoms with Crippen LogP contribution in [0.15, 0.2) is 291 Å². The maximum Gasteiger partial charge on any atom is 0.0465 e. The minimum Gasteiger partial charge on any atom is -0.310 e. The molecule has 3 aliphatic carbocycles. The minimum absolute atomic E-state index is 0.305. The Balaban J connectivity index is 0.855. The van der Waals surface area contributed by atoms with Gasteiger partial charge in [0, 0.05) is 84.5 Å². The molecule has 0 saturated heterocycles. The van der Waals surface area contributed by atoms with Crippen molar-refractivity contribution in [1.82, 2.24) is 0 Å². The molecule has 0 bridgehead atoms. The van der Waals surface area contributed by atoms with Crippen molar-refractivity contribution in [3.05, 3.63) is 325 Å². The summed E-state index contributed by atoms with van der Waals surface area (Å²) in [5, 5.41) is 0. The fourth-order valence-corrected chi connectivity index (χ4v) is 14.2. The molecule has 15 rings (SSSR count). The lowest BCUT2D eigenvalue weighted by Gasteiger charge is -2.31. The summed E-state index contributed by atoms with van der Waals surface area (Å²) in [7, 11) is 0. The first-order valence-electron chi connectivity index (χ1n) is 29.8. The van der Waals surface area contributed by atoms with Crippen LogP contribution >= 0.6 is 0 Å². The second kappa shape index (κ2) is 20.0. The summed E-state index contributed by atoms with van der Waals surface area (Å²) in [6, 6.07) is 107. The molecule has 12 aromatic carbocycles. The van der Waals surface area contributed by atoms with Gasteiger partial charge in [-0.2, -0.15) is 0 Å². The highest BCUT2D eigenvalue weighted by molar-refractivity contribution is 5.93. The Kier molecular flexibility index (Phi) is 12.2. The van der Waals surface area contributed by atoms with Crippen LogP contribution in [0.2, 0.25) is 0 Å². The summed E-state index contributed by atoms with van der Waals surface area (Å²) < 4.78 is 0. The fourth-order valence-electron chi connectivity index (χ4n) is 14.2. The summed E-state index contributed by atoms with van der Waals surface area (Å²) in [5.74, 6) is 0. The summed E-state index contributed by atoms with van der Waals surface area (Å²) >= 11 is 0. The van der Waals surface area contributed by atoms with Crippen LogP contribution < -0.4 is 19.6 Å². The fraction of sp³-hybridized carbons (Fsp3) is 0.111. The number of fused-ring (bicyclic) bond motifs is 9. The van der Waals surface area contributed by atoms with E-state index in [4.69, 9.17) is 0 Å². The van der Waals surface area contributed by atoms with E-state index in [9.17, 15) is 0 Å². The molecule has 0 saturated carbocycles. The molecule has 0 unspecified atom stereocenters. The number of hydrogen-bond acceptors (Lipinski definition) is 4. The SMILES string of the molecule is CC1(C)c2cc(N(c3ccccc3)c3ccccc3)ccc2-c2ccc(N(c3ccc4c(c3)C(C)(C)c3cc(N(c5ccccc5)c5ccccc5)ccc3-4)c3ccc4c(c3)C(C)(C)c3cc(N(c5ccccc5)c5ccccc5)ccc3-4)cc21. The zero-order valence-corrected chi connectivity index (χ0v) is 49.0. The molecule has 0 N–H and O–H groups in total. The van der Waals surface area contributed by atoms with Crippen LogP contribution in [-0.4, -0.2) is 0 Å². The lowest BCUT2D eigenvalue weighted by molar-refractivity contribution is 0.659. The van der Waals surface area contributed by atoms with Gasteiger partial charge in [-0.15, -0.1) is 0 Å². The molecular formula is C81H66N4. The highest BCUT2D eigenvalue weighted by Gasteiger charge is 2.41. The Morgan fingerprint density at radius 1 is 0.165 bits per heavy atom. The summed E-state index contributed by atoms with van der Waals surface area (Å²) in [6.07, 6.45) is 0. The van der Waals surface area contributed by atoms with Gasteiger partial charge in [-0.25, -0.2) is 0 Å². The van der Waals surface area contributed by atoms with Crippen LogP contribution in [0.25, 0.3) is 33.4 Å². The Bertz CT molecular complexity index is 3920. The van der Waals surface area contributed by atoms with Crippen molar-refractivity contribution in [2.45, 2.75) is 57.8 Å². The van der Waals surface area contributed by atoms with E-state index in [1.165, 1.54) is 66.8 Å². The monoisotopic (exact) mass is 1090 g/mol. The molecule has 3 aliphatic rings. The normalized spacial score (nSPS) is 14.0. The van der Waals surface area contributed by atoms with E-state index in [0.29, 0.717) is 0 Å². The third kappa shape index (κ3) is 8.49. The van der Waals surface area contributed by atoms with Crippen LogP contribution in [0.5, 0.6) is 0 Å². The van der Waals surface area contributed by atoms with Gasteiger partial charge in [-0.3, -0.25) is 0 Å². The van der Waals surface area contributed by atoms with E-state index in [2.05, 4.69) is 352 Å². The molecule has 4 nitrogen and oxygen atoms in total. The van der Waals surface area contributed by atoms with Crippen molar-refractivity contribution in [3.8, 4) is 33.4 Å². The smallest absolute Gasteiger partial charge is 0.0465 e. The number of nitrogens with zero attached hydrogens (tertiary/aromatic N) is 4. The van der Waals surface area contributed by atoms with Crippen LogP contribution in [0.3, 0.4) is 0 Å². The summed E-state index contributed by atoms with van der Waals surface area (Å²) in [4.78, 5) is 9.66. The molecule has 0 aliphatic heterocycles. The molecule has 4 heteroatoms. The average Bonchev–Trinajstić information content (AvgIpc) is 1.76. The Morgan fingerprint density at radius 3 is 0.459 bits per heavy atom. The van der Waals surface area contributed by atoms with Gasteiger partial charge in [0.2, 0.25) is 0 Å². The van der Waals surface area contributed by atoms with E-state index in [-0.39, 0.29) is 16.2 Å². The second-order valence-electron chi connectivity index (χ2n) is 24.6. The third-order valence-corrected chi connectivity index (χ3v) is 18.6. The minimum atomic E-state index is -0.305. The highest BCUT2D eigenvalue weighted by atomic mass is 15.2. The number of anilines is 12. The first-order valence-corrected chi connectivity index (χ1v) is 29.8. The van der Waals surface area contributed by atoms with E-state index < -0.39 is 0 Å². The van der Waals surface area contributed by atoms with Gasteiger partial charge in [-0.1, -0.05) is 187 Å². The van der Waals surface area contributed by atoms with Gasteiger partial charge in [0.15, 0.2) is 0 Å². The Morgan fingerprint density at radius 2 is 0.306 bits per heavy atom. The first-order chi connectivity index (χ1) is 41.4. The lowest BCUT2D eigenvalue weighted by atomic mass is 9.81. The Hall–Kier alpha value is -10.2. The molecule has 0 atom stereocenters. The summed E-state index contributed by atoms with van der Waals surface area (Å²) in [6.45, 7) is 14.4. The van der Waals surface area contributed by atoms with Gasteiger partial charge in [0.05, 0.1) is 0 Å². The topological polar surface area (TPSA) is 13.0 Å². The van der Waals surface area contributed by atoms with E-state index in [1.54, 1.807) is 0 Å². The van der Waals surface area contributed by atoms with Crippen molar-refractivity contribution in [2.24, 2.45) is 0 Å². The number of para-hydroxylation sites is 6. The summed E-state index contributed by atoms with van der Waals surface area (Å²) in [5.41, 5.74) is 28.3. The predicted octanol–water partition coefficient (Wildman–Crippen LogP) is 22.5.